The number of hydrogen-bond acceptors (Lipinski definition) is 3. The van der Waals surface area contributed by atoms with E-state index in [-0.39, 0.29) is 34.4 Å². The molecule has 5 heteroatoms. The fraction of sp³-hybridized carbons (Fsp3) is 0.381. The van der Waals surface area contributed by atoms with Crippen LogP contribution in [0.2, 0.25) is 0 Å². The van der Waals surface area contributed by atoms with Crippen molar-refractivity contribution in [3.05, 3.63) is 57.6 Å². The normalized spacial score (nSPS) is 10.8. The van der Waals surface area contributed by atoms with Gasteiger partial charge in [0.05, 0.1) is 6.61 Å². The molecule has 2 aromatic rings. The number of benzene rings is 2. The van der Waals surface area contributed by atoms with E-state index in [1.807, 2.05) is 39.0 Å². The third kappa shape index (κ3) is 5.45. The summed E-state index contributed by atoms with van der Waals surface area (Å²) in [5.41, 5.74) is 6.78. The fourth-order valence-electron chi connectivity index (χ4n) is 2.93. The van der Waals surface area contributed by atoms with E-state index in [1.165, 1.54) is 11.1 Å². The van der Waals surface area contributed by atoms with E-state index in [2.05, 4.69) is 19.9 Å². The van der Waals surface area contributed by atoms with Crippen LogP contribution >= 0.6 is 8.58 Å². The molecule has 26 heavy (non-hydrogen) atoms. The first-order chi connectivity index (χ1) is 11.8. The molecule has 0 aliphatic rings. The number of rotatable bonds is 7. The molecule has 0 heterocycles. The summed E-state index contributed by atoms with van der Waals surface area (Å²) < 4.78 is 10.6. The summed E-state index contributed by atoms with van der Waals surface area (Å²) in [6, 6.07) is 8.03. The molecule has 0 radical (unpaired) electrons. The quantitative estimate of drug-likeness (QED) is 0.423. The van der Waals surface area contributed by atoms with Crippen molar-refractivity contribution < 1.29 is 34.6 Å². The molecule has 0 aliphatic heterocycles. The van der Waals surface area contributed by atoms with Crippen molar-refractivity contribution in [2.75, 3.05) is 20.3 Å². The van der Waals surface area contributed by atoms with Gasteiger partial charge in [-0.05, 0) is 88.5 Å². The van der Waals surface area contributed by atoms with Crippen molar-refractivity contribution in [3.8, 4) is 5.75 Å². The molecule has 3 nitrogen and oxygen atoms in total. The van der Waals surface area contributed by atoms with Crippen LogP contribution in [-0.4, -0.2) is 25.8 Å². The van der Waals surface area contributed by atoms with Crippen LogP contribution in [0.5, 0.6) is 5.75 Å². The largest absolute Gasteiger partial charge is 1.00 e. The molecule has 0 fully saturated rings. The Bertz CT molecular complexity index is 793. The first kappa shape index (κ1) is 22.9. The van der Waals surface area contributed by atoms with Crippen LogP contribution in [0.1, 0.15) is 39.6 Å². The van der Waals surface area contributed by atoms with Crippen LogP contribution in [0, 0.1) is 34.6 Å². The standard InChI is InChI=1S/C21H27O3P.Li.H/c1-13-11-15(3)20(17(5)16(13)4)21(22)25-19-8-7-18(12-14(19)2)24-10-9-23-6;;/h7-8,11-12,25H,9-10H2,1-6H3;;/q;+1;-1. The molecule has 136 valence electrons. The number of aryl methyl sites for hydroxylation is 3. The molecule has 0 aromatic heterocycles. The van der Waals surface area contributed by atoms with Gasteiger partial charge >= 0.3 is 18.9 Å². The maximum Gasteiger partial charge on any atom is 1.00 e. The van der Waals surface area contributed by atoms with E-state index >= 15 is 0 Å². The second-order valence-corrected chi connectivity index (χ2v) is 7.65. The van der Waals surface area contributed by atoms with E-state index in [0.29, 0.717) is 13.2 Å². The molecule has 0 saturated heterocycles. The predicted octanol–water partition coefficient (Wildman–Crippen LogP) is 1.51. The van der Waals surface area contributed by atoms with E-state index < -0.39 is 0 Å². The molecule has 0 spiro atoms. The van der Waals surface area contributed by atoms with Crippen molar-refractivity contribution in [2.45, 2.75) is 34.6 Å². The second kappa shape index (κ2) is 10.3. The first-order valence-corrected chi connectivity index (χ1v) is 9.46. The molecule has 2 rings (SSSR count). The molecule has 0 amide bonds. The molecule has 2 aromatic carbocycles. The molecular formula is C21H28LiO3P. The van der Waals surface area contributed by atoms with Crippen LogP contribution in [-0.2, 0) is 4.74 Å². The van der Waals surface area contributed by atoms with Crippen LogP contribution in [0.4, 0.5) is 0 Å². The van der Waals surface area contributed by atoms with Crippen LogP contribution in [0.3, 0.4) is 0 Å². The van der Waals surface area contributed by atoms with Gasteiger partial charge in [0.2, 0.25) is 0 Å². The van der Waals surface area contributed by atoms with Crippen molar-refractivity contribution in [1.82, 2.24) is 0 Å². The van der Waals surface area contributed by atoms with Gasteiger partial charge in [0.1, 0.15) is 12.4 Å². The van der Waals surface area contributed by atoms with Gasteiger partial charge in [-0.15, -0.1) is 0 Å². The number of carbonyl (C=O) groups is 1. The van der Waals surface area contributed by atoms with Crippen LogP contribution in [0.25, 0.3) is 0 Å². The Balaban J connectivity index is 0.00000338. The zero-order chi connectivity index (χ0) is 18.6. The summed E-state index contributed by atoms with van der Waals surface area (Å²) in [6.07, 6.45) is 0. The van der Waals surface area contributed by atoms with Gasteiger partial charge in [-0.25, -0.2) is 0 Å². The Morgan fingerprint density at radius 2 is 1.65 bits per heavy atom. The minimum absolute atomic E-state index is 0. The Hall–Kier alpha value is -1.10. The molecule has 0 saturated carbocycles. The topological polar surface area (TPSA) is 35.5 Å². The van der Waals surface area contributed by atoms with E-state index in [9.17, 15) is 4.79 Å². The maximum absolute atomic E-state index is 12.9. The zero-order valence-electron chi connectivity index (χ0n) is 17.9. The first-order valence-electron chi connectivity index (χ1n) is 8.46. The van der Waals surface area contributed by atoms with Crippen LogP contribution in [0.15, 0.2) is 24.3 Å². The summed E-state index contributed by atoms with van der Waals surface area (Å²) in [6.45, 7) is 11.4. The predicted molar refractivity (Wildman–Crippen MR) is 107 cm³/mol. The average Bonchev–Trinajstić information content (AvgIpc) is 2.55. The third-order valence-electron chi connectivity index (χ3n) is 4.59. The van der Waals surface area contributed by atoms with Crippen molar-refractivity contribution in [1.29, 1.82) is 0 Å². The van der Waals surface area contributed by atoms with Crippen molar-refractivity contribution in [2.24, 2.45) is 0 Å². The number of methoxy groups -OCH3 is 1. The van der Waals surface area contributed by atoms with E-state index in [1.54, 1.807) is 7.11 Å². The summed E-state index contributed by atoms with van der Waals surface area (Å²) in [7, 11) is 1.77. The summed E-state index contributed by atoms with van der Waals surface area (Å²) in [5.74, 6) is 0.814. The molecular weight excluding hydrogens is 338 g/mol. The van der Waals surface area contributed by atoms with Crippen molar-refractivity contribution >= 4 is 19.4 Å². The molecule has 0 aliphatic carbocycles. The Kier molecular flexibility index (Phi) is 9.08. The van der Waals surface area contributed by atoms with Gasteiger partial charge in [0.15, 0.2) is 5.52 Å². The number of ether oxygens (including phenoxy) is 2. The summed E-state index contributed by atoms with van der Waals surface area (Å²) >= 11 is 0. The Morgan fingerprint density at radius 3 is 2.27 bits per heavy atom. The van der Waals surface area contributed by atoms with Crippen molar-refractivity contribution in [3.63, 3.8) is 0 Å². The Labute approximate surface area is 172 Å². The maximum atomic E-state index is 12.9. The second-order valence-electron chi connectivity index (χ2n) is 6.41. The van der Waals surface area contributed by atoms with E-state index in [0.717, 1.165) is 33.3 Å². The van der Waals surface area contributed by atoms with Crippen LogP contribution < -0.4 is 28.9 Å². The molecule has 1 atom stereocenters. The fourth-order valence-corrected chi connectivity index (χ4v) is 4.12. The SMILES string of the molecule is COCCOc1ccc(PC(=O)c2c(C)cc(C)c(C)c2C)c(C)c1.[H-].[Li+]. The molecule has 1 unspecified atom stereocenters. The molecule has 0 N–H and O–H groups in total. The van der Waals surface area contributed by atoms with Gasteiger partial charge in [0, 0.05) is 12.7 Å². The molecule has 0 bridgehead atoms. The van der Waals surface area contributed by atoms with Gasteiger partial charge in [-0.2, -0.15) is 0 Å². The van der Waals surface area contributed by atoms with Gasteiger partial charge < -0.3 is 10.9 Å². The minimum Gasteiger partial charge on any atom is -1.00 e. The van der Waals surface area contributed by atoms with Gasteiger partial charge in [-0.1, -0.05) is 12.1 Å². The summed E-state index contributed by atoms with van der Waals surface area (Å²) in [5, 5.41) is 1.07. The third-order valence-corrected chi connectivity index (χ3v) is 5.89. The Morgan fingerprint density at radius 1 is 0.962 bits per heavy atom. The van der Waals surface area contributed by atoms with E-state index in [4.69, 9.17) is 9.47 Å². The van der Waals surface area contributed by atoms with Gasteiger partial charge in [-0.3, -0.25) is 4.79 Å². The monoisotopic (exact) mass is 366 g/mol. The van der Waals surface area contributed by atoms with Gasteiger partial charge in [0.25, 0.3) is 0 Å². The summed E-state index contributed by atoms with van der Waals surface area (Å²) in [4.78, 5) is 12.9. The number of hydrogen-bond donors (Lipinski definition) is 0. The zero-order valence-corrected chi connectivity index (χ0v) is 17.9. The minimum atomic E-state index is 0. The average molecular weight is 366 g/mol. The number of carbonyl (C=O) groups excluding carboxylic acids is 1. The smallest absolute Gasteiger partial charge is 1.00 e.